The second kappa shape index (κ2) is 11.2. The third-order valence-electron chi connectivity index (χ3n) is 5.06. The first-order valence-electron chi connectivity index (χ1n) is 10.5. The number of sulfonamides is 1. The standard InChI is InChI=1S/C25H25ClN2O5S/c1-33-21-13-11-20(12-14-21)28(34(2,31)32)16-6-9-24(29)27-23-15-10-19(26)17-22(23)25(30)18-7-4-3-5-8-18/h3-5,7-8,10-15,17H,6,9,16H2,1-2H3,(H,27,29). The quantitative estimate of drug-likeness (QED) is 0.405. The summed E-state index contributed by atoms with van der Waals surface area (Å²) in [7, 11) is -2.02. The molecule has 0 aliphatic rings. The first-order valence-corrected chi connectivity index (χ1v) is 12.7. The first kappa shape index (κ1) is 25.3. The van der Waals surface area contributed by atoms with Crippen molar-refractivity contribution in [2.45, 2.75) is 12.8 Å². The summed E-state index contributed by atoms with van der Waals surface area (Å²) in [5, 5.41) is 3.13. The average molecular weight is 501 g/mol. The number of nitrogens with zero attached hydrogens (tertiary/aromatic N) is 1. The lowest BCUT2D eigenvalue weighted by Gasteiger charge is -2.22. The summed E-state index contributed by atoms with van der Waals surface area (Å²) < 4.78 is 30.9. The summed E-state index contributed by atoms with van der Waals surface area (Å²) in [6, 6.07) is 20.0. The maximum atomic E-state index is 12.9. The fourth-order valence-electron chi connectivity index (χ4n) is 3.39. The predicted molar refractivity (Wildman–Crippen MR) is 134 cm³/mol. The van der Waals surface area contributed by atoms with Gasteiger partial charge in [-0.15, -0.1) is 0 Å². The molecule has 1 amide bonds. The molecule has 3 rings (SSSR count). The number of carbonyl (C=O) groups excluding carboxylic acids is 2. The van der Waals surface area contributed by atoms with Crippen molar-refractivity contribution in [2.24, 2.45) is 0 Å². The van der Waals surface area contributed by atoms with Crippen molar-refractivity contribution >= 4 is 44.7 Å². The molecule has 0 saturated heterocycles. The van der Waals surface area contributed by atoms with Gasteiger partial charge in [0.25, 0.3) is 0 Å². The number of halogens is 1. The highest BCUT2D eigenvalue weighted by molar-refractivity contribution is 7.92. The summed E-state index contributed by atoms with van der Waals surface area (Å²) in [5.74, 6) is 0.00849. The van der Waals surface area contributed by atoms with Gasteiger partial charge < -0.3 is 10.1 Å². The zero-order valence-electron chi connectivity index (χ0n) is 18.8. The van der Waals surface area contributed by atoms with Gasteiger partial charge in [0.2, 0.25) is 15.9 Å². The molecule has 0 radical (unpaired) electrons. The Labute approximate surface area is 204 Å². The van der Waals surface area contributed by atoms with Gasteiger partial charge in [-0.25, -0.2) is 8.42 Å². The highest BCUT2D eigenvalue weighted by Crippen LogP contribution is 2.25. The molecule has 9 heteroatoms. The van der Waals surface area contributed by atoms with Crippen LogP contribution in [-0.4, -0.2) is 40.0 Å². The van der Waals surface area contributed by atoms with Crippen molar-refractivity contribution in [3.63, 3.8) is 0 Å². The summed E-state index contributed by atoms with van der Waals surface area (Å²) in [4.78, 5) is 25.5. The largest absolute Gasteiger partial charge is 0.497 e. The van der Waals surface area contributed by atoms with Gasteiger partial charge in [0, 0.05) is 29.1 Å². The van der Waals surface area contributed by atoms with Crippen molar-refractivity contribution in [3.8, 4) is 5.75 Å². The molecule has 3 aromatic carbocycles. The van der Waals surface area contributed by atoms with Crippen LogP contribution in [0.5, 0.6) is 5.75 Å². The Hall–Kier alpha value is -3.36. The molecule has 1 N–H and O–H groups in total. The Bertz CT molecular complexity index is 1260. The number of ketones is 1. The van der Waals surface area contributed by atoms with Crippen LogP contribution in [0.2, 0.25) is 5.02 Å². The molecule has 0 aliphatic carbocycles. The molecule has 0 heterocycles. The molecule has 0 fully saturated rings. The lowest BCUT2D eigenvalue weighted by Crippen LogP contribution is -2.31. The summed E-state index contributed by atoms with van der Waals surface area (Å²) in [6.45, 7) is 0.120. The van der Waals surface area contributed by atoms with E-state index in [4.69, 9.17) is 16.3 Å². The monoisotopic (exact) mass is 500 g/mol. The lowest BCUT2D eigenvalue weighted by molar-refractivity contribution is -0.116. The van der Waals surface area contributed by atoms with E-state index in [9.17, 15) is 18.0 Å². The molecule has 0 aliphatic heterocycles. The number of methoxy groups -OCH3 is 1. The Balaban J connectivity index is 1.68. The molecule has 0 atom stereocenters. The third kappa shape index (κ3) is 6.59. The van der Waals surface area contributed by atoms with E-state index in [2.05, 4.69) is 5.32 Å². The van der Waals surface area contributed by atoms with E-state index < -0.39 is 10.0 Å². The van der Waals surface area contributed by atoms with Crippen molar-refractivity contribution in [1.82, 2.24) is 0 Å². The van der Waals surface area contributed by atoms with Gasteiger partial charge in [0.05, 0.1) is 24.7 Å². The van der Waals surface area contributed by atoms with E-state index in [0.717, 1.165) is 6.26 Å². The van der Waals surface area contributed by atoms with E-state index >= 15 is 0 Å². The second-order valence-corrected chi connectivity index (χ2v) is 9.91. The van der Waals surface area contributed by atoms with E-state index in [-0.39, 0.29) is 36.6 Å². The highest BCUT2D eigenvalue weighted by Gasteiger charge is 2.19. The van der Waals surface area contributed by atoms with Crippen LogP contribution >= 0.6 is 11.6 Å². The Morgan fingerprint density at radius 2 is 1.68 bits per heavy atom. The number of carbonyl (C=O) groups is 2. The number of amides is 1. The number of rotatable bonds is 10. The van der Waals surface area contributed by atoms with Crippen molar-refractivity contribution in [2.75, 3.05) is 29.5 Å². The minimum atomic E-state index is -3.55. The summed E-state index contributed by atoms with van der Waals surface area (Å²) in [6.07, 6.45) is 1.46. The lowest BCUT2D eigenvalue weighted by atomic mass is 10.0. The van der Waals surface area contributed by atoms with Crippen LogP contribution in [0.1, 0.15) is 28.8 Å². The molecule has 3 aromatic rings. The van der Waals surface area contributed by atoms with Crippen LogP contribution < -0.4 is 14.4 Å². The number of benzene rings is 3. The summed E-state index contributed by atoms with van der Waals surface area (Å²) in [5.41, 5.74) is 1.59. The Morgan fingerprint density at radius 1 is 1.00 bits per heavy atom. The Kier molecular flexibility index (Phi) is 8.31. The second-order valence-electron chi connectivity index (χ2n) is 7.57. The van der Waals surface area contributed by atoms with Crippen LogP contribution in [0.15, 0.2) is 72.8 Å². The summed E-state index contributed by atoms with van der Waals surface area (Å²) >= 11 is 6.09. The van der Waals surface area contributed by atoms with Gasteiger partial charge in [-0.1, -0.05) is 41.9 Å². The molecular weight excluding hydrogens is 476 g/mol. The SMILES string of the molecule is COc1ccc(N(CCCC(=O)Nc2ccc(Cl)cc2C(=O)c2ccccc2)S(C)(=O)=O)cc1. The van der Waals surface area contributed by atoms with Crippen LogP contribution in [0, 0.1) is 0 Å². The molecule has 7 nitrogen and oxygen atoms in total. The molecule has 178 valence electrons. The van der Waals surface area contributed by atoms with Crippen molar-refractivity contribution < 1.29 is 22.7 Å². The van der Waals surface area contributed by atoms with Gasteiger partial charge in [0.1, 0.15) is 5.75 Å². The average Bonchev–Trinajstić information content (AvgIpc) is 2.82. The van der Waals surface area contributed by atoms with Gasteiger partial charge in [-0.2, -0.15) is 0 Å². The first-order chi connectivity index (χ1) is 16.2. The normalized spacial score (nSPS) is 11.0. The fourth-order valence-corrected chi connectivity index (χ4v) is 4.53. The smallest absolute Gasteiger partial charge is 0.232 e. The number of nitrogens with one attached hydrogen (secondary N) is 1. The molecule has 0 bridgehead atoms. The number of hydrogen-bond donors (Lipinski definition) is 1. The van der Waals surface area contributed by atoms with Crippen LogP contribution in [-0.2, 0) is 14.8 Å². The van der Waals surface area contributed by atoms with Gasteiger partial charge in [-0.05, 0) is 48.9 Å². The predicted octanol–water partition coefficient (Wildman–Crippen LogP) is 4.76. The highest BCUT2D eigenvalue weighted by atomic mass is 35.5. The molecule has 34 heavy (non-hydrogen) atoms. The molecule has 0 saturated carbocycles. The van der Waals surface area contributed by atoms with Gasteiger partial charge >= 0.3 is 0 Å². The molecule has 0 spiro atoms. The zero-order valence-corrected chi connectivity index (χ0v) is 20.4. The van der Waals surface area contributed by atoms with E-state index in [1.165, 1.54) is 17.5 Å². The van der Waals surface area contributed by atoms with Gasteiger partial charge in [0.15, 0.2) is 5.78 Å². The van der Waals surface area contributed by atoms with E-state index in [1.54, 1.807) is 60.7 Å². The van der Waals surface area contributed by atoms with Crippen molar-refractivity contribution in [1.29, 1.82) is 0 Å². The van der Waals surface area contributed by atoms with Crippen LogP contribution in [0.25, 0.3) is 0 Å². The number of anilines is 2. The van der Waals surface area contributed by atoms with Crippen LogP contribution in [0.3, 0.4) is 0 Å². The fraction of sp³-hybridized carbons (Fsp3) is 0.200. The van der Waals surface area contributed by atoms with Crippen LogP contribution in [0.4, 0.5) is 11.4 Å². The molecular formula is C25H25ClN2O5S. The number of ether oxygens (including phenoxy) is 1. The minimum absolute atomic E-state index is 0.0593. The third-order valence-corrected chi connectivity index (χ3v) is 6.49. The molecule has 0 aromatic heterocycles. The van der Waals surface area contributed by atoms with E-state index in [0.29, 0.717) is 27.7 Å². The maximum absolute atomic E-state index is 12.9. The minimum Gasteiger partial charge on any atom is -0.497 e. The number of hydrogen-bond acceptors (Lipinski definition) is 5. The topological polar surface area (TPSA) is 92.8 Å². The van der Waals surface area contributed by atoms with Crippen molar-refractivity contribution in [3.05, 3.63) is 88.9 Å². The van der Waals surface area contributed by atoms with Gasteiger partial charge in [-0.3, -0.25) is 13.9 Å². The molecule has 0 unspecified atom stereocenters. The zero-order chi connectivity index (χ0) is 24.7. The van der Waals surface area contributed by atoms with E-state index in [1.807, 2.05) is 6.07 Å². The maximum Gasteiger partial charge on any atom is 0.232 e. The Morgan fingerprint density at radius 3 is 2.29 bits per heavy atom.